The molecule has 14 heavy (non-hydrogen) atoms. The number of benzene rings is 1. The van der Waals surface area contributed by atoms with Gasteiger partial charge < -0.3 is 5.73 Å². The molecule has 0 unspecified atom stereocenters. The van der Waals surface area contributed by atoms with Crippen molar-refractivity contribution in [3.8, 4) is 0 Å². The lowest BCUT2D eigenvalue weighted by Crippen LogP contribution is -2.34. The normalized spacial score (nSPS) is 9.64. The van der Waals surface area contributed by atoms with Crippen molar-refractivity contribution in [1.82, 2.24) is 5.43 Å². The van der Waals surface area contributed by atoms with Crippen LogP contribution in [-0.2, 0) is 0 Å². The number of carbonyl (C=O) groups excluding carboxylic acids is 1. The maximum atomic E-state index is 12.8. The number of halogens is 3. The molecule has 1 aromatic carbocycles. The van der Waals surface area contributed by atoms with Gasteiger partial charge in [0.2, 0.25) is 0 Å². The van der Waals surface area contributed by atoms with Crippen molar-refractivity contribution in [2.45, 2.75) is 0 Å². The number of hydrogen-bond donors (Lipinski definition) is 3. The Morgan fingerprint density at radius 1 is 1.36 bits per heavy atom. The topological polar surface area (TPSA) is 67.2 Å². The Hall–Kier alpha value is -0.820. The smallest absolute Gasteiger partial charge is 0.330 e. The molecule has 0 aliphatic rings. The van der Waals surface area contributed by atoms with E-state index in [2.05, 4.69) is 42.7 Å². The van der Waals surface area contributed by atoms with Crippen molar-refractivity contribution >= 4 is 43.6 Å². The summed E-state index contributed by atoms with van der Waals surface area (Å²) in [6.45, 7) is 0. The van der Waals surface area contributed by atoms with E-state index in [0.29, 0.717) is 14.6 Å². The third kappa shape index (κ3) is 2.85. The summed E-state index contributed by atoms with van der Waals surface area (Å²) in [7, 11) is 0. The fourth-order valence-corrected chi connectivity index (χ4v) is 2.11. The number of primary amides is 1. The summed E-state index contributed by atoms with van der Waals surface area (Å²) >= 11 is 6.25. The van der Waals surface area contributed by atoms with Gasteiger partial charge in [0.1, 0.15) is 5.82 Å². The molecule has 0 fully saturated rings. The maximum Gasteiger partial charge on any atom is 0.330 e. The summed E-state index contributed by atoms with van der Waals surface area (Å²) < 4.78 is 13.7. The van der Waals surface area contributed by atoms with Crippen molar-refractivity contribution in [3.05, 3.63) is 26.9 Å². The number of hydrazine groups is 1. The second-order valence-electron chi connectivity index (χ2n) is 2.36. The number of hydrogen-bond acceptors (Lipinski definition) is 2. The van der Waals surface area contributed by atoms with Gasteiger partial charge in [0.05, 0.1) is 5.69 Å². The molecular formula is C7H6Br2FN3O. The minimum Gasteiger partial charge on any atom is -0.350 e. The molecule has 4 N–H and O–H groups in total. The van der Waals surface area contributed by atoms with Gasteiger partial charge in [-0.05, 0) is 44.0 Å². The molecule has 0 spiro atoms. The number of carbonyl (C=O) groups is 1. The first-order chi connectivity index (χ1) is 6.50. The fraction of sp³-hybridized carbons (Fsp3) is 0. The van der Waals surface area contributed by atoms with Crippen LogP contribution in [-0.4, -0.2) is 6.03 Å². The molecule has 0 saturated heterocycles. The van der Waals surface area contributed by atoms with Gasteiger partial charge in [-0.1, -0.05) is 0 Å². The van der Waals surface area contributed by atoms with Crippen molar-refractivity contribution in [1.29, 1.82) is 0 Å². The van der Waals surface area contributed by atoms with E-state index in [0.717, 1.165) is 0 Å². The highest BCUT2D eigenvalue weighted by Crippen LogP contribution is 2.31. The van der Waals surface area contributed by atoms with Gasteiger partial charge in [-0.3, -0.25) is 10.9 Å². The van der Waals surface area contributed by atoms with Crippen molar-refractivity contribution in [2.75, 3.05) is 5.43 Å². The summed E-state index contributed by atoms with van der Waals surface area (Å²) in [6, 6.07) is 1.79. The first-order valence-electron chi connectivity index (χ1n) is 3.46. The third-order valence-corrected chi connectivity index (χ3v) is 2.57. The minimum absolute atomic E-state index is 0.395. The van der Waals surface area contributed by atoms with Gasteiger partial charge in [-0.2, -0.15) is 0 Å². The summed E-state index contributed by atoms with van der Waals surface area (Å²) in [6.07, 6.45) is 0. The Balaban J connectivity index is 2.91. The van der Waals surface area contributed by atoms with Gasteiger partial charge in [0.15, 0.2) is 0 Å². The fourth-order valence-electron chi connectivity index (χ4n) is 0.786. The van der Waals surface area contributed by atoms with Gasteiger partial charge in [-0.15, -0.1) is 0 Å². The van der Waals surface area contributed by atoms with Gasteiger partial charge in [0.25, 0.3) is 0 Å². The Morgan fingerprint density at radius 3 is 2.29 bits per heavy atom. The van der Waals surface area contributed by atoms with E-state index in [1.807, 2.05) is 0 Å². The molecule has 7 heteroatoms. The zero-order valence-electron chi connectivity index (χ0n) is 6.77. The van der Waals surface area contributed by atoms with Crippen LogP contribution >= 0.6 is 31.9 Å². The Kier molecular flexibility index (Phi) is 3.70. The predicted octanol–water partition coefficient (Wildman–Crippen LogP) is 2.35. The Bertz CT molecular complexity index is 349. The van der Waals surface area contributed by atoms with Crippen LogP contribution in [0.1, 0.15) is 0 Å². The molecule has 0 aliphatic heterocycles. The van der Waals surface area contributed by atoms with E-state index >= 15 is 0 Å². The molecule has 2 amide bonds. The van der Waals surface area contributed by atoms with Crippen LogP contribution in [0, 0.1) is 5.82 Å². The zero-order valence-corrected chi connectivity index (χ0v) is 9.95. The largest absolute Gasteiger partial charge is 0.350 e. The minimum atomic E-state index is -0.729. The van der Waals surface area contributed by atoms with Gasteiger partial charge >= 0.3 is 6.03 Å². The van der Waals surface area contributed by atoms with Crippen molar-refractivity contribution in [2.24, 2.45) is 5.73 Å². The molecule has 0 saturated carbocycles. The molecule has 1 rings (SSSR count). The SMILES string of the molecule is NC(=O)NNc1c(Br)cc(F)cc1Br. The van der Waals surface area contributed by atoms with E-state index in [4.69, 9.17) is 5.73 Å². The van der Waals surface area contributed by atoms with E-state index in [1.165, 1.54) is 12.1 Å². The van der Waals surface area contributed by atoms with Crippen LogP contribution in [0.5, 0.6) is 0 Å². The second kappa shape index (κ2) is 4.61. The second-order valence-corrected chi connectivity index (χ2v) is 4.07. The maximum absolute atomic E-state index is 12.8. The number of urea groups is 1. The average molecular weight is 327 g/mol. The third-order valence-electron chi connectivity index (χ3n) is 1.32. The molecule has 0 bridgehead atoms. The first kappa shape index (κ1) is 11.3. The van der Waals surface area contributed by atoms with Crippen LogP contribution in [0.3, 0.4) is 0 Å². The highest BCUT2D eigenvalue weighted by molar-refractivity contribution is 9.11. The molecule has 0 radical (unpaired) electrons. The number of rotatable bonds is 2. The van der Waals surface area contributed by atoms with Crippen LogP contribution < -0.4 is 16.6 Å². The lowest BCUT2D eigenvalue weighted by Gasteiger charge is -2.10. The van der Waals surface area contributed by atoms with Crippen LogP contribution in [0.25, 0.3) is 0 Å². The van der Waals surface area contributed by atoms with E-state index in [9.17, 15) is 9.18 Å². The standard InChI is InChI=1S/C7H6Br2FN3O/c8-4-1-3(10)2-5(9)6(4)12-13-7(11)14/h1-2,12H,(H3,11,13,14). The van der Waals surface area contributed by atoms with Crippen molar-refractivity contribution in [3.63, 3.8) is 0 Å². The van der Waals surface area contributed by atoms with Gasteiger partial charge in [-0.25, -0.2) is 9.18 Å². The summed E-state index contributed by atoms with van der Waals surface area (Å²) in [5.41, 5.74) is 10.0. The highest BCUT2D eigenvalue weighted by atomic mass is 79.9. The molecule has 0 atom stereocenters. The number of anilines is 1. The lowest BCUT2D eigenvalue weighted by atomic mass is 10.3. The van der Waals surface area contributed by atoms with E-state index in [-0.39, 0.29) is 0 Å². The average Bonchev–Trinajstić information content (AvgIpc) is 2.01. The van der Waals surface area contributed by atoms with Crippen LogP contribution in [0.4, 0.5) is 14.9 Å². The van der Waals surface area contributed by atoms with E-state index in [1.54, 1.807) is 0 Å². The Morgan fingerprint density at radius 2 is 1.86 bits per heavy atom. The molecule has 76 valence electrons. The first-order valence-corrected chi connectivity index (χ1v) is 5.05. The molecule has 0 aromatic heterocycles. The summed E-state index contributed by atoms with van der Waals surface area (Å²) in [4.78, 5) is 10.4. The lowest BCUT2D eigenvalue weighted by molar-refractivity contribution is 0.250. The molecule has 4 nitrogen and oxygen atoms in total. The van der Waals surface area contributed by atoms with Crippen LogP contribution in [0.15, 0.2) is 21.1 Å². The molecule has 0 heterocycles. The van der Waals surface area contributed by atoms with Gasteiger partial charge in [0, 0.05) is 8.95 Å². The van der Waals surface area contributed by atoms with Crippen LogP contribution in [0.2, 0.25) is 0 Å². The highest BCUT2D eigenvalue weighted by Gasteiger charge is 2.07. The zero-order chi connectivity index (χ0) is 10.7. The summed E-state index contributed by atoms with van der Waals surface area (Å²) in [5.74, 6) is -0.395. The monoisotopic (exact) mass is 325 g/mol. The molecule has 0 aliphatic carbocycles. The summed E-state index contributed by atoms with van der Waals surface area (Å²) in [5, 5.41) is 0. The Labute approximate surface area is 96.3 Å². The van der Waals surface area contributed by atoms with E-state index < -0.39 is 11.8 Å². The quantitative estimate of drug-likeness (QED) is 0.730. The number of amides is 2. The predicted molar refractivity (Wildman–Crippen MR) is 58.1 cm³/mol. The van der Waals surface area contributed by atoms with Crippen molar-refractivity contribution < 1.29 is 9.18 Å². The number of nitrogens with one attached hydrogen (secondary N) is 2. The molecular weight excluding hydrogens is 321 g/mol. The molecule has 1 aromatic rings. The number of nitrogens with two attached hydrogens (primary N) is 1.